The Bertz CT molecular complexity index is 3270. The first-order chi connectivity index (χ1) is 29.2. The van der Waals surface area contributed by atoms with Crippen molar-refractivity contribution in [1.82, 2.24) is 0 Å². The first kappa shape index (κ1) is 34.5. The molecule has 0 aliphatic heterocycles. The van der Waals surface area contributed by atoms with Crippen LogP contribution in [0.25, 0.3) is 87.6 Å². The van der Waals surface area contributed by atoms with Gasteiger partial charge in [0.15, 0.2) is 0 Å². The number of hydrogen-bond donors (Lipinski definition) is 0. The highest BCUT2D eigenvalue weighted by atomic mass is 15.1. The molecule has 1 heteroatoms. The van der Waals surface area contributed by atoms with Crippen LogP contribution in [-0.4, -0.2) is 0 Å². The van der Waals surface area contributed by atoms with Crippen molar-refractivity contribution in [2.24, 2.45) is 0 Å². The predicted molar refractivity (Wildman–Crippen MR) is 253 cm³/mol. The molecule has 0 saturated carbocycles. The predicted octanol–water partition coefficient (Wildman–Crippen LogP) is 16.4. The lowest BCUT2D eigenvalue weighted by molar-refractivity contribution is 1.29. The Kier molecular flexibility index (Phi) is 8.56. The van der Waals surface area contributed by atoms with Crippen LogP contribution in [0, 0.1) is 0 Å². The van der Waals surface area contributed by atoms with Crippen LogP contribution in [0.15, 0.2) is 237 Å². The van der Waals surface area contributed by atoms with Gasteiger partial charge in [-0.2, -0.15) is 0 Å². The van der Waals surface area contributed by atoms with Crippen molar-refractivity contribution in [2.75, 3.05) is 4.90 Å². The monoisotopic (exact) mass is 749 g/mol. The highest BCUT2D eigenvalue weighted by Gasteiger charge is 2.17. The zero-order valence-corrected chi connectivity index (χ0v) is 32.5. The Labute approximate surface area is 344 Å². The van der Waals surface area contributed by atoms with E-state index in [4.69, 9.17) is 0 Å². The van der Waals surface area contributed by atoms with E-state index in [1.54, 1.807) is 0 Å². The fourth-order valence-electron chi connectivity index (χ4n) is 8.94. The summed E-state index contributed by atoms with van der Waals surface area (Å²) >= 11 is 0. The number of fused-ring (bicyclic) bond motifs is 7. The second kappa shape index (κ2) is 14.6. The standard InChI is InChI=1S/C58H39N/c1-2-13-40(14-3-1)44-17-10-18-45(37-44)41-27-31-48(32-28-41)59(50-35-36-57-55-24-7-6-22-53(55)54-23-8-9-25-56(54)58(57)39-50)49-33-29-42(30-34-49)46-19-11-20-47(38-46)52-26-12-16-43-15-4-5-21-51(43)52/h1-39H. The van der Waals surface area contributed by atoms with Gasteiger partial charge in [0.05, 0.1) is 0 Å². The summed E-state index contributed by atoms with van der Waals surface area (Å²) in [6.45, 7) is 0. The summed E-state index contributed by atoms with van der Waals surface area (Å²) in [5.74, 6) is 0. The fraction of sp³-hybridized carbons (Fsp3) is 0. The van der Waals surface area contributed by atoms with E-state index < -0.39 is 0 Å². The van der Waals surface area contributed by atoms with Gasteiger partial charge in [0.25, 0.3) is 0 Å². The summed E-state index contributed by atoms with van der Waals surface area (Å²) in [6, 6.07) is 86.2. The zero-order valence-electron chi connectivity index (χ0n) is 32.5. The number of rotatable bonds is 7. The summed E-state index contributed by atoms with van der Waals surface area (Å²) in [6.07, 6.45) is 0. The van der Waals surface area contributed by atoms with Gasteiger partial charge in [-0.25, -0.2) is 0 Å². The van der Waals surface area contributed by atoms with Crippen LogP contribution in [0.2, 0.25) is 0 Å². The largest absolute Gasteiger partial charge is 0.310 e. The summed E-state index contributed by atoms with van der Waals surface area (Å²) in [4.78, 5) is 2.39. The molecule has 0 aliphatic carbocycles. The summed E-state index contributed by atoms with van der Waals surface area (Å²) < 4.78 is 0. The van der Waals surface area contributed by atoms with Crippen molar-refractivity contribution in [3.05, 3.63) is 237 Å². The third-order valence-corrected chi connectivity index (χ3v) is 11.8. The molecule has 0 atom stereocenters. The fourth-order valence-corrected chi connectivity index (χ4v) is 8.94. The molecule has 0 aromatic heterocycles. The number of hydrogen-bond acceptors (Lipinski definition) is 1. The SMILES string of the molecule is c1ccc(-c2cccc(-c3ccc(N(c4ccc(-c5cccc(-c6cccc7ccccc67)c5)cc4)c4ccc5c6ccccc6c6ccccc6c5c4)cc3)c2)cc1. The van der Waals surface area contributed by atoms with Gasteiger partial charge >= 0.3 is 0 Å². The van der Waals surface area contributed by atoms with E-state index in [0.717, 1.165) is 17.1 Å². The normalized spacial score (nSPS) is 11.4. The van der Waals surface area contributed by atoms with Gasteiger partial charge in [-0.05, 0) is 136 Å². The zero-order chi connectivity index (χ0) is 39.1. The lowest BCUT2D eigenvalue weighted by Crippen LogP contribution is -2.10. The van der Waals surface area contributed by atoms with Crippen LogP contribution < -0.4 is 4.90 Å². The molecule has 0 amide bonds. The van der Waals surface area contributed by atoms with Crippen molar-refractivity contribution in [2.45, 2.75) is 0 Å². The second-order valence-electron chi connectivity index (χ2n) is 15.3. The number of anilines is 3. The van der Waals surface area contributed by atoms with Crippen LogP contribution in [0.5, 0.6) is 0 Å². The van der Waals surface area contributed by atoms with Gasteiger partial charge in [0.2, 0.25) is 0 Å². The van der Waals surface area contributed by atoms with Gasteiger partial charge in [0.1, 0.15) is 0 Å². The smallest absolute Gasteiger partial charge is 0.0468 e. The molecule has 0 aliphatic rings. The molecule has 0 saturated heterocycles. The topological polar surface area (TPSA) is 3.24 Å². The van der Waals surface area contributed by atoms with Crippen molar-refractivity contribution in [3.8, 4) is 44.5 Å². The summed E-state index contributed by atoms with van der Waals surface area (Å²) in [5, 5.41) is 10.1. The maximum Gasteiger partial charge on any atom is 0.0468 e. The van der Waals surface area contributed by atoms with Gasteiger partial charge in [-0.3, -0.25) is 0 Å². The molecule has 0 fully saturated rings. The van der Waals surface area contributed by atoms with Crippen molar-refractivity contribution >= 4 is 60.2 Å². The summed E-state index contributed by atoms with van der Waals surface area (Å²) in [5.41, 5.74) is 13.0. The first-order valence-electron chi connectivity index (χ1n) is 20.3. The second-order valence-corrected chi connectivity index (χ2v) is 15.3. The minimum absolute atomic E-state index is 1.10. The Morgan fingerprint density at radius 2 is 0.593 bits per heavy atom. The van der Waals surface area contributed by atoms with Crippen molar-refractivity contribution in [3.63, 3.8) is 0 Å². The van der Waals surface area contributed by atoms with Crippen LogP contribution in [0.4, 0.5) is 17.1 Å². The van der Waals surface area contributed by atoms with E-state index in [1.165, 1.54) is 87.6 Å². The van der Waals surface area contributed by atoms with E-state index in [2.05, 4.69) is 241 Å². The molecule has 0 spiro atoms. The van der Waals surface area contributed by atoms with Gasteiger partial charge in [-0.1, -0.05) is 188 Å². The summed E-state index contributed by atoms with van der Waals surface area (Å²) in [7, 11) is 0. The Hall–Kier alpha value is -7.74. The minimum Gasteiger partial charge on any atom is -0.310 e. The van der Waals surface area contributed by atoms with Crippen molar-refractivity contribution < 1.29 is 0 Å². The maximum absolute atomic E-state index is 2.39. The van der Waals surface area contributed by atoms with Crippen LogP contribution in [0.3, 0.4) is 0 Å². The molecule has 0 radical (unpaired) electrons. The van der Waals surface area contributed by atoms with E-state index >= 15 is 0 Å². The Morgan fingerprint density at radius 3 is 1.19 bits per heavy atom. The van der Waals surface area contributed by atoms with Crippen LogP contribution >= 0.6 is 0 Å². The number of nitrogens with zero attached hydrogens (tertiary/aromatic N) is 1. The molecule has 59 heavy (non-hydrogen) atoms. The molecular weight excluding hydrogens is 711 g/mol. The van der Waals surface area contributed by atoms with Crippen molar-refractivity contribution in [1.29, 1.82) is 0 Å². The van der Waals surface area contributed by atoms with E-state index in [0.29, 0.717) is 0 Å². The van der Waals surface area contributed by atoms with Gasteiger partial charge in [-0.15, -0.1) is 0 Å². The maximum atomic E-state index is 2.39. The highest BCUT2D eigenvalue weighted by Crippen LogP contribution is 2.42. The van der Waals surface area contributed by atoms with Gasteiger partial charge in [0, 0.05) is 17.1 Å². The van der Waals surface area contributed by atoms with Crippen LogP contribution in [-0.2, 0) is 0 Å². The van der Waals surface area contributed by atoms with Gasteiger partial charge < -0.3 is 4.90 Å². The number of benzene rings is 11. The molecule has 0 bridgehead atoms. The lowest BCUT2D eigenvalue weighted by atomic mass is 9.94. The lowest BCUT2D eigenvalue weighted by Gasteiger charge is -2.27. The van der Waals surface area contributed by atoms with E-state index in [9.17, 15) is 0 Å². The van der Waals surface area contributed by atoms with E-state index in [-0.39, 0.29) is 0 Å². The Balaban J connectivity index is 1.02. The van der Waals surface area contributed by atoms with E-state index in [1.807, 2.05) is 0 Å². The average Bonchev–Trinajstić information content (AvgIpc) is 3.32. The molecule has 11 aromatic rings. The molecule has 1 nitrogen and oxygen atoms in total. The minimum atomic E-state index is 1.10. The molecule has 11 aromatic carbocycles. The third kappa shape index (κ3) is 6.30. The third-order valence-electron chi connectivity index (χ3n) is 11.8. The highest BCUT2D eigenvalue weighted by molar-refractivity contribution is 6.25. The molecule has 0 N–H and O–H groups in total. The van der Waals surface area contributed by atoms with Crippen LogP contribution in [0.1, 0.15) is 0 Å². The average molecular weight is 750 g/mol. The molecule has 0 unspecified atom stereocenters. The Morgan fingerprint density at radius 1 is 0.203 bits per heavy atom. The molecule has 276 valence electrons. The quantitative estimate of drug-likeness (QED) is 0.147. The first-order valence-corrected chi connectivity index (χ1v) is 20.3. The molecule has 11 rings (SSSR count). The molecular formula is C58H39N. The molecule has 0 heterocycles.